The van der Waals surface area contributed by atoms with Gasteiger partial charge in [0.15, 0.2) is 5.65 Å². The van der Waals surface area contributed by atoms with Crippen LogP contribution < -0.4 is 10.5 Å². The zero-order valence-electron chi connectivity index (χ0n) is 16.6. The van der Waals surface area contributed by atoms with Crippen molar-refractivity contribution in [2.45, 2.75) is 0 Å². The molecule has 0 radical (unpaired) electrons. The average molecular weight is 410 g/mol. The number of pyridine rings is 1. The molecule has 0 saturated heterocycles. The van der Waals surface area contributed by atoms with Crippen molar-refractivity contribution >= 4 is 33.6 Å². The lowest BCUT2D eigenvalue weighted by Gasteiger charge is -2.10. The topological polar surface area (TPSA) is 114 Å². The number of aromatic nitrogens is 3. The lowest BCUT2D eigenvalue weighted by molar-refractivity contribution is 0.0697. The number of hydrogen-bond donors (Lipinski definition) is 3. The second-order valence-corrected chi connectivity index (χ2v) is 7.20. The van der Waals surface area contributed by atoms with Crippen LogP contribution in [0.2, 0.25) is 0 Å². The zero-order valence-corrected chi connectivity index (χ0v) is 16.6. The van der Waals surface area contributed by atoms with Gasteiger partial charge in [-0.1, -0.05) is 30.3 Å². The monoisotopic (exact) mass is 410 g/mol. The highest BCUT2D eigenvalue weighted by Crippen LogP contribution is 2.36. The van der Waals surface area contributed by atoms with Crippen LogP contribution in [-0.2, 0) is 0 Å². The van der Waals surface area contributed by atoms with Crippen LogP contribution in [0.25, 0.3) is 44.2 Å². The molecule has 0 unspecified atom stereocenters. The van der Waals surface area contributed by atoms with Crippen LogP contribution in [0.5, 0.6) is 5.75 Å². The van der Waals surface area contributed by atoms with E-state index in [-0.39, 0.29) is 5.56 Å². The van der Waals surface area contributed by atoms with Crippen molar-refractivity contribution in [1.29, 1.82) is 0 Å². The molecule has 0 atom stereocenters. The van der Waals surface area contributed by atoms with Crippen LogP contribution in [0.15, 0.2) is 66.7 Å². The van der Waals surface area contributed by atoms with Crippen LogP contribution in [0.3, 0.4) is 0 Å². The van der Waals surface area contributed by atoms with E-state index in [1.807, 2.05) is 36.4 Å². The molecule has 4 N–H and O–H groups in total. The third-order valence-electron chi connectivity index (χ3n) is 5.34. The van der Waals surface area contributed by atoms with Gasteiger partial charge in [0, 0.05) is 5.56 Å². The van der Waals surface area contributed by atoms with Gasteiger partial charge in [0.05, 0.1) is 23.8 Å². The maximum absolute atomic E-state index is 11.2. The summed E-state index contributed by atoms with van der Waals surface area (Å²) < 4.78 is 5.31. The molecule has 0 bridgehead atoms. The van der Waals surface area contributed by atoms with E-state index in [9.17, 15) is 4.79 Å². The van der Waals surface area contributed by atoms with Gasteiger partial charge in [-0.3, -0.25) is 5.10 Å². The number of aromatic carboxylic acids is 1. The predicted octanol–water partition coefficient (Wildman–Crippen LogP) is 4.73. The fraction of sp³-hybridized carbons (Fsp3) is 0.0417. The number of anilines is 1. The molecule has 152 valence electrons. The summed E-state index contributed by atoms with van der Waals surface area (Å²) in [6, 6.07) is 20.6. The van der Waals surface area contributed by atoms with Crippen molar-refractivity contribution in [1.82, 2.24) is 15.2 Å². The first-order valence-corrected chi connectivity index (χ1v) is 9.60. The van der Waals surface area contributed by atoms with E-state index >= 15 is 0 Å². The standard InChI is InChI=1S/C24H18N4O3/c1-31-18-9-8-15-10-17(7-6-16(15)11-18)19-12-20(26-23-21(19)22(25)27-28-23)13-2-4-14(5-3-13)24(29)30/h2-12H,1H3,(H,29,30)(H3,25,26,27,28). The number of aromatic amines is 1. The van der Waals surface area contributed by atoms with Crippen LogP contribution >= 0.6 is 0 Å². The summed E-state index contributed by atoms with van der Waals surface area (Å²) in [6.45, 7) is 0. The third-order valence-corrected chi connectivity index (χ3v) is 5.34. The number of hydrogen-bond acceptors (Lipinski definition) is 5. The summed E-state index contributed by atoms with van der Waals surface area (Å²) in [5.41, 5.74) is 10.2. The quantitative estimate of drug-likeness (QED) is 0.394. The number of carboxylic acids is 1. The molecule has 0 aliphatic rings. The van der Waals surface area contributed by atoms with Gasteiger partial charge in [-0.2, -0.15) is 5.10 Å². The fourth-order valence-electron chi connectivity index (χ4n) is 3.72. The highest BCUT2D eigenvalue weighted by atomic mass is 16.5. The number of carboxylic acid groups (broad SMARTS) is 1. The number of benzene rings is 3. The number of nitrogen functional groups attached to an aromatic ring is 1. The number of nitrogens with zero attached hydrogens (tertiary/aromatic N) is 2. The van der Waals surface area contributed by atoms with Crippen molar-refractivity contribution in [2.24, 2.45) is 0 Å². The molecule has 5 aromatic rings. The number of nitrogens with one attached hydrogen (secondary N) is 1. The predicted molar refractivity (Wildman–Crippen MR) is 120 cm³/mol. The summed E-state index contributed by atoms with van der Waals surface area (Å²) in [6.07, 6.45) is 0. The Labute approximate surface area is 177 Å². The van der Waals surface area contributed by atoms with Crippen molar-refractivity contribution in [3.05, 3.63) is 72.3 Å². The van der Waals surface area contributed by atoms with Gasteiger partial charge in [-0.15, -0.1) is 0 Å². The lowest BCUT2D eigenvalue weighted by atomic mass is 9.97. The normalized spacial score (nSPS) is 11.1. The molecular weight excluding hydrogens is 392 g/mol. The first-order chi connectivity index (χ1) is 15.0. The van der Waals surface area contributed by atoms with Crippen molar-refractivity contribution in [3.63, 3.8) is 0 Å². The maximum Gasteiger partial charge on any atom is 0.335 e. The molecule has 0 amide bonds. The Kier molecular flexibility index (Phi) is 4.29. The van der Waals surface area contributed by atoms with Gasteiger partial charge in [0.25, 0.3) is 0 Å². The largest absolute Gasteiger partial charge is 0.497 e. The van der Waals surface area contributed by atoms with Crippen LogP contribution in [-0.4, -0.2) is 33.4 Å². The fourth-order valence-corrected chi connectivity index (χ4v) is 3.72. The first-order valence-electron chi connectivity index (χ1n) is 9.60. The summed E-state index contributed by atoms with van der Waals surface area (Å²) in [5, 5.41) is 19.1. The molecule has 31 heavy (non-hydrogen) atoms. The minimum absolute atomic E-state index is 0.221. The second kappa shape index (κ2) is 7.14. The maximum atomic E-state index is 11.2. The van der Waals surface area contributed by atoms with Gasteiger partial charge in [0.1, 0.15) is 11.6 Å². The van der Waals surface area contributed by atoms with Gasteiger partial charge >= 0.3 is 5.97 Å². The molecule has 0 aliphatic heterocycles. The number of rotatable bonds is 4. The summed E-state index contributed by atoms with van der Waals surface area (Å²) in [5.74, 6) is 0.279. The molecule has 0 fully saturated rings. The van der Waals surface area contributed by atoms with Crippen LogP contribution in [0, 0.1) is 0 Å². The molecule has 0 saturated carbocycles. The van der Waals surface area contributed by atoms with E-state index in [1.165, 1.54) is 0 Å². The van der Waals surface area contributed by atoms with Crippen molar-refractivity contribution < 1.29 is 14.6 Å². The van der Waals surface area contributed by atoms with Gasteiger partial charge in [-0.25, -0.2) is 9.78 Å². The molecule has 7 nitrogen and oxygen atoms in total. The Balaban J connectivity index is 1.69. The van der Waals surface area contributed by atoms with E-state index in [0.29, 0.717) is 17.2 Å². The Morgan fingerprint density at radius 1 is 0.968 bits per heavy atom. The van der Waals surface area contributed by atoms with E-state index in [2.05, 4.69) is 21.2 Å². The lowest BCUT2D eigenvalue weighted by Crippen LogP contribution is -1.96. The smallest absolute Gasteiger partial charge is 0.335 e. The SMILES string of the molecule is COc1ccc2cc(-c3cc(-c4ccc(C(=O)O)cc4)nc4n[nH]c(N)c34)ccc2c1. The number of H-pyrrole nitrogens is 1. The molecule has 0 spiro atoms. The number of methoxy groups -OCH3 is 1. The van der Waals surface area contributed by atoms with E-state index in [0.717, 1.165) is 38.6 Å². The van der Waals surface area contributed by atoms with Crippen molar-refractivity contribution in [3.8, 4) is 28.1 Å². The van der Waals surface area contributed by atoms with Gasteiger partial charge in [0.2, 0.25) is 0 Å². The second-order valence-electron chi connectivity index (χ2n) is 7.20. The van der Waals surface area contributed by atoms with E-state index in [4.69, 9.17) is 15.6 Å². The number of nitrogens with two attached hydrogens (primary N) is 1. The Hall–Kier alpha value is -4.39. The number of fused-ring (bicyclic) bond motifs is 2. The van der Waals surface area contributed by atoms with E-state index in [1.54, 1.807) is 31.4 Å². The summed E-state index contributed by atoms with van der Waals surface area (Å²) in [4.78, 5) is 15.8. The summed E-state index contributed by atoms with van der Waals surface area (Å²) >= 11 is 0. The first kappa shape index (κ1) is 18.6. The number of carbonyl (C=O) groups is 1. The molecular formula is C24H18N4O3. The van der Waals surface area contributed by atoms with Crippen molar-refractivity contribution in [2.75, 3.05) is 12.8 Å². The highest BCUT2D eigenvalue weighted by Gasteiger charge is 2.15. The minimum Gasteiger partial charge on any atom is -0.497 e. The number of ether oxygens (including phenoxy) is 1. The molecule has 2 aromatic heterocycles. The zero-order chi connectivity index (χ0) is 21.5. The minimum atomic E-state index is -0.969. The Morgan fingerprint density at radius 3 is 2.42 bits per heavy atom. The molecule has 2 heterocycles. The van der Waals surface area contributed by atoms with Crippen LogP contribution in [0.1, 0.15) is 10.4 Å². The van der Waals surface area contributed by atoms with Crippen LogP contribution in [0.4, 0.5) is 5.82 Å². The molecule has 0 aliphatic carbocycles. The third kappa shape index (κ3) is 3.22. The summed E-state index contributed by atoms with van der Waals surface area (Å²) in [7, 11) is 1.65. The van der Waals surface area contributed by atoms with Gasteiger partial charge in [-0.05, 0) is 58.3 Å². The molecule has 5 rings (SSSR count). The Bertz CT molecular complexity index is 1460. The van der Waals surface area contributed by atoms with Gasteiger partial charge < -0.3 is 15.6 Å². The molecule has 3 aromatic carbocycles. The average Bonchev–Trinajstić information content (AvgIpc) is 3.18. The highest BCUT2D eigenvalue weighted by molar-refractivity contribution is 6.03. The molecule has 7 heteroatoms. The van der Waals surface area contributed by atoms with E-state index < -0.39 is 5.97 Å². The Morgan fingerprint density at radius 2 is 1.68 bits per heavy atom.